The van der Waals surface area contributed by atoms with Gasteiger partial charge in [-0.1, -0.05) is 57.9 Å². The fourth-order valence-corrected chi connectivity index (χ4v) is 4.35. The molecule has 0 unspecified atom stereocenters. The van der Waals surface area contributed by atoms with Crippen LogP contribution in [0.2, 0.25) is 5.02 Å². The molecule has 0 spiro atoms. The van der Waals surface area contributed by atoms with E-state index in [2.05, 4.69) is 28.1 Å². The Hall–Kier alpha value is -2.50. The molecule has 3 aromatic carbocycles. The van der Waals surface area contributed by atoms with Gasteiger partial charge in [0.1, 0.15) is 11.5 Å². The highest BCUT2D eigenvalue weighted by Crippen LogP contribution is 2.49. The Bertz CT molecular complexity index is 1090. The number of nitrogens with zero attached hydrogens (tertiary/aromatic N) is 2. The van der Waals surface area contributed by atoms with Crippen molar-refractivity contribution in [1.29, 1.82) is 0 Å². The van der Waals surface area contributed by atoms with Crippen molar-refractivity contribution in [2.75, 3.05) is 0 Å². The molecule has 0 saturated heterocycles. The molecule has 0 fully saturated rings. The summed E-state index contributed by atoms with van der Waals surface area (Å²) in [4.78, 5) is 0. The predicted molar refractivity (Wildman–Crippen MR) is 113 cm³/mol. The van der Waals surface area contributed by atoms with Gasteiger partial charge in [0.2, 0.25) is 6.23 Å². The zero-order valence-corrected chi connectivity index (χ0v) is 17.1. The summed E-state index contributed by atoms with van der Waals surface area (Å²) in [5, 5.41) is 18.0. The highest BCUT2D eigenvalue weighted by molar-refractivity contribution is 9.10. The Kier molecular flexibility index (Phi) is 4.29. The Morgan fingerprint density at radius 3 is 2.68 bits per heavy atom. The van der Waals surface area contributed by atoms with Gasteiger partial charge < -0.3 is 9.84 Å². The number of hydrogen-bond donors (Lipinski definition) is 1. The molecule has 1 N–H and O–H groups in total. The Morgan fingerprint density at radius 2 is 1.86 bits per heavy atom. The minimum atomic E-state index is -0.530. The smallest absolute Gasteiger partial charge is 0.217 e. The topological polar surface area (TPSA) is 45.1 Å². The number of fused-ring (bicyclic) bond motifs is 3. The van der Waals surface area contributed by atoms with E-state index in [1.54, 1.807) is 12.1 Å². The molecule has 5 rings (SSSR count). The molecule has 4 nitrogen and oxygen atoms in total. The second kappa shape index (κ2) is 6.83. The van der Waals surface area contributed by atoms with Gasteiger partial charge in [0.05, 0.1) is 17.3 Å². The minimum Gasteiger partial charge on any atom is -0.507 e. The number of hydrogen-bond acceptors (Lipinski definition) is 4. The summed E-state index contributed by atoms with van der Waals surface area (Å²) in [7, 11) is 0. The van der Waals surface area contributed by atoms with Gasteiger partial charge in [0.15, 0.2) is 0 Å². The third kappa shape index (κ3) is 2.95. The molecule has 2 atom stereocenters. The maximum atomic E-state index is 10.5. The van der Waals surface area contributed by atoms with Crippen LogP contribution in [-0.2, 0) is 0 Å². The summed E-state index contributed by atoms with van der Waals surface area (Å²) in [6.45, 7) is 0. The Labute approximate surface area is 176 Å². The van der Waals surface area contributed by atoms with Crippen LogP contribution in [0.15, 0.2) is 76.3 Å². The zero-order chi connectivity index (χ0) is 19.3. The normalized spacial score (nSPS) is 20.2. The quantitative estimate of drug-likeness (QED) is 0.511. The van der Waals surface area contributed by atoms with E-state index in [1.807, 2.05) is 47.5 Å². The van der Waals surface area contributed by atoms with E-state index < -0.39 is 6.23 Å². The highest BCUT2D eigenvalue weighted by atomic mass is 79.9. The van der Waals surface area contributed by atoms with Crippen molar-refractivity contribution in [1.82, 2.24) is 5.01 Å². The first kappa shape index (κ1) is 17.6. The van der Waals surface area contributed by atoms with Crippen molar-refractivity contribution >= 4 is 33.2 Å². The van der Waals surface area contributed by atoms with E-state index in [0.717, 1.165) is 33.5 Å². The molecule has 0 radical (unpaired) electrons. The second-order valence-corrected chi connectivity index (χ2v) is 8.22. The van der Waals surface area contributed by atoms with E-state index >= 15 is 0 Å². The largest absolute Gasteiger partial charge is 0.507 e. The summed E-state index contributed by atoms with van der Waals surface area (Å²) in [5.74, 6) is 0.937. The molecule has 0 bridgehead atoms. The van der Waals surface area contributed by atoms with Crippen LogP contribution in [0.3, 0.4) is 0 Å². The maximum absolute atomic E-state index is 10.5. The number of benzene rings is 3. The number of halogens is 2. The van der Waals surface area contributed by atoms with Gasteiger partial charge in [-0.25, -0.2) is 5.01 Å². The summed E-state index contributed by atoms with van der Waals surface area (Å²) >= 11 is 9.75. The number of hydrazone groups is 1. The molecule has 0 amide bonds. The molecule has 0 aliphatic carbocycles. The highest BCUT2D eigenvalue weighted by Gasteiger charge is 2.42. The van der Waals surface area contributed by atoms with Gasteiger partial charge >= 0.3 is 0 Å². The summed E-state index contributed by atoms with van der Waals surface area (Å²) in [6.07, 6.45) is 0.212. The van der Waals surface area contributed by atoms with Crippen LogP contribution in [0.4, 0.5) is 0 Å². The van der Waals surface area contributed by atoms with Crippen LogP contribution in [0.1, 0.15) is 35.4 Å². The fraction of sp³-hybridized carbons (Fsp3) is 0.136. The summed E-state index contributed by atoms with van der Waals surface area (Å²) in [5.41, 5.74) is 3.74. The van der Waals surface area contributed by atoms with Gasteiger partial charge in [-0.2, -0.15) is 5.10 Å². The van der Waals surface area contributed by atoms with Crippen molar-refractivity contribution in [2.24, 2.45) is 5.10 Å². The van der Waals surface area contributed by atoms with Crippen molar-refractivity contribution in [3.05, 3.63) is 92.9 Å². The average molecular weight is 456 g/mol. The third-order valence-electron chi connectivity index (χ3n) is 5.11. The van der Waals surface area contributed by atoms with Gasteiger partial charge in [0.25, 0.3) is 0 Å². The van der Waals surface area contributed by atoms with Crippen LogP contribution >= 0.6 is 27.5 Å². The van der Waals surface area contributed by atoms with E-state index in [9.17, 15) is 5.11 Å². The summed E-state index contributed by atoms with van der Waals surface area (Å²) < 4.78 is 7.16. The average Bonchev–Trinajstić information content (AvgIpc) is 3.16. The number of rotatable bonds is 2. The lowest BCUT2D eigenvalue weighted by molar-refractivity contribution is -0.0203. The van der Waals surface area contributed by atoms with E-state index in [-0.39, 0.29) is 11.8 Å². The summed E-state index contributed by atoms with van der Waals surface area (Å²) in [6, 6.07) is 21.1. The Balaban J connectivity index is 1.64. The van der Waals surface area contributed by atoms with Crippen LogP contribution in [0.5, 0.6) is 11.5 Å². The van der Waals surface area contributed by atoms with Gasteiger partial charge in [0, 0.05) is 21.5 Å². The van der Waals surface area contributed by atoms with Crippen LogP contribution in [-0.4, -0.2) is 15.8 Å². The second-order valence-electron chi connectivity index (χ2n) is 6.87. The number of phenolic OH excluding ortho intramolecular Hbond substituents is 1. The third-order valence-corrected chi connectivity index (χ3v) is 5.84. The first-order valence-corrected chi connectivity index (χ1v) is 10.1. The molecule has 6 heteroatoms. The lowest BCUT2D eigenvalue weighted by atomic mass is 9.96. The van der Waals surface area contributed by atoms with Crippen LogP contribution < -0.4 is 4.74 Å². The lowest BCUT2D eigenvalue weighted by Gasteiger charge is -2.38. The van der Waals surface area contributed by atoms with Gasteiger partial charge in [-0.05, 0) is 42.0 Å². The van der Waals surface area contributed by atoms with Crippen LogP contribution in [0, 0.1) is 0 Å². The first-order valence-electron chi connectivity index (χ1n) is 8.96. The maximum Gasteiger partial charge on any atom is 0.217 e. The van der Waals surface area contributed by atoms with Gasteiger partial charge in [-0.15, -0.1) is 0 Å². The number of aromatic hydroxyl groups is 1. The number of phenols is 1. The van der Waals surface area contributed by atoms with Crippen molar-refractivity contribution in [3.63, 3.8) is 0 Å². The Morgan fingerprint density at radius 1 is 1.04 bits per heavy atom. The van der Waals surface area contributed by atoms with Crippen LogP contribution in [0.25, 0.3) is 0 Å². The van der Waals surface area contributed by atoms with E-state index in [0.29, 0.717) is 10.6 Å². The molecule has 3 aromatic rings. The monoisotopic (exact) mass is 454 g/mol. The van der Waals surface area contributed by atoms with Gasteiger partial charge in [-0.3, -0.25) is 0 Å². The molecule has 28 heavy (non-hydrogen) atoms. The van der Waals surface area contributed by atoms with Crippen molar-refractivity contribution in [2.45, 2.75) is 18.7 Å². The number of ether oxygens (including phenoxy) is 1. The molecular formula is C22H16BrClN2O2. The molecule has 2 aliphatic rings. The SMILES string of the molecule is Oc1ccc(Br)cc1[C@H]1Oc2ccc(Cl)cc2[C@H]2CC(c3ccccc3)=NN21. The molecular weight excluding hydrogens is 440 g/mol. The van der Waals surface area contributed by atoms with Crippen molar-refractivity contribution in [3.8, 4) is 11.5 Å². The molecule has 0 saturated carbocycles. The molecule has 0 aromatic heterocycles. The molecule has 2 aliphatic heterocycles. The van der Waals surface area contributed by atoms with E-state index in [4.69, 9.17) is 21.4 Å². The van der Waals surface area contributed by atoms with Crippen molar-refractivity contribution < 1.29 is 9.84 Å². The minimum absolute atomic E-state index is 0.0129. The standard InChI is InChI=1S/C22H16BrClN2O2/c23-14-6-8-20(27)17(10-14)22-26-19(16-11-15(24)7-9-21(16)28-22)12-18(25-26)13-4-2-1-3-5-13/h1-11,19,22,27H,12H2/t19-,22-/m1/s1. The molecule has 2 heterocycles. The lowest BCUT2D eigenvalue weighted by Crippen LogP contribution is -2.33. The zero-order valence-electron chi connectivity index (χ0n) is 14.7. The fourth-order valence-electron chi connectivity index (χ4n) is 3.79. The van der Waals surface area contributed by atoms with E-state index in [1.165, 1.54) is 0 Å². The molecule has 140 valence electrons. The first-order chi connectivity index (χ1) is 13.6. The predicted octanol–water partition coefficient (Wildman–Crippen LogP) is 6.05.